The van der Waals surface area contributed by atoms with E-state index in [1.807, 2.05) is 7.05 Å². The summed E-state index contributed by atoms with van der Waals surface area (Å²) in [5.74, 6) is -1.13. The van der Waals surface area contributed by atoms with Crippen molar-refractivity contribution >= 4 is 28.3 Å². The second-order valence-corrected chi connectivity index (χ2v) is 7.34. The predicted molar refractivity (Wildman–Crippen MR) is 92.1 cm³/mol. The first kappa shape index (κ1) is 20.8. The van der Waals surface area contributed by atoms with Gasteiger partial charge >= 0.3 is 0 Å². The molecule has 1 fully saturated rings. The van der Waals surface area contributed by atoms with Crippen LogP contribution >= 0.6 is 12.4 Å². The van der Waals surface area contributed by atoms with Crippen LogP contribution in [-0.4, -0.2) is 51.4 Å². The summed E-state index contributed by atoms with van der Waals surface area (Å²) in [4.78, 5) is 13.6. The molecule has 0 aliphatic carbocycles. The van der Waals surface area contributed by atoms with E-state index in [1.165, 1.54) is 25.1 Å². The molecule has 1 atom stereocenters. The molecule has 0 saturated carbocycles. The van der Waals surface area contributed by atoms with Crippen LogP contribution in [0.1, 0.15) is 19.8 Å². The number of hydrogen-bond donors (Lipinski definition) is 2. The molecule has 1 saturated heterocycles. The van der Waals surface area contributed by atoms with E-state index in [4.69, 9.17) is 0 Å². The third kappa shape index (κ3) is 4.89. The maximum absolute atomic E-state index is 13.7. The summed E-state index contributed by atoms with van der Waals surface area (Å²) in [6, 6.07) is 4.54. The highest BCUT2D eigenvalue weighted by Gasteiger charge is 2.29. The van der Waals surface area contributed by atoms with E-state index in [2.05, 4.69) is 10.0 Å². The van der Waals surface area contributed by atoms with Crippen LogP contribution in [0.2, 0.25) is 0 Å². The first-order valence-electron chi connectivity index (χ1n) is 7.58. The second kappa shape index (κ2) is 8.75. The molecule has 0 bridgehead atoms. The first-order chi connectivity index (χ1) is 10.8. The van der Waals surface area contributed by atoms with Crippen LogP contribution in [-0.2, 0) is 14.8 Å². The van der Waals surface area contributed by atoms with Gasteiger partial charge in [-0.15, -0.1) is 12.4 Å². The third-order valence-electron chi connectivity index (χ3n) is 4.04. The van der Waals surface area contributed by atoms with E-state index < -0.39 is 26.8 Å². The molecule has 1 unspecified atom stereocenters. The molecule has 9 heteroatoms. The summed E-state index contributed by atoms with van der Waals surface area (Å²) in [7, 11) is -2.19. The van der Waals surface area contributed by atoms with E-state index in [-0.39, 0.29) is 18.3 Å². The molecule has 1 aromatic carbocycles. The largest absolute Gasteiger partial charge is 0.341 e. The van der Waals surface area contributed by atoms with E-state index in [0.29, 0.717) is 19.1 Å². The molecule has 1 aromatic rings. The van der Waals surface area contributed by atoms with Crippen LogP contribution in [0.5, 0.6) is 0 Å². The Hall–Kier alpha value is -1.22. The van der Waals surface area contributed by atoms with Crippen molar-refractivity contribution in [2.45, 2.75) is 36.7 Å². The highest BCUT2D eigenvalue weighted by molar-refractivity contribution is 7.89. The smallest absolute Gasteiger partial charge is 0.244 e. The van der Waals surface area contributed by atoms with Gasteiger partial charge in [0.1, 0.15) is 10.7 Å². The Balaban J connectivity index is 0.00000288. The zero-order chi connectivity index (χ0) is 17.0. The monoisotopic (exact) mass is 379 g/mol. The number of hydrogen-bond acceptors (Lipinski definition) is 4. The lowest BCUT2D eigenvalue weighted by Crippen LogP contribution is -2.51. The van der Waals surface area contributed by atoms with E-state index in [9.17, 15) is 17.6 Å². The number of halogens is 2. The maximum atomic E-state index is 13.7. The van der Waals surface area contributed by atoms with Gasteiger partial charge in [0.25, 0.3) is 0 Å². The molecule has 1 amide bonds. The van der Waals surface area contributed by atoms with Gasteiger partial charge in [-0.25, -0.2) is 12.8 Å². The highest BCUT2D eigenvalue weighted by atomic mass is 35.5. The van der Waals surface area contributed by atoms with Gasteiger partial charge in [-0.3, -0.25) is 4.79 Å². The molecule has 0 spiro atoms. The van der Waals surface area contributed by atoms with E-state index in [0.717, 1.165) is 18.9 Å². The van der Waals surface area contributed by atoms with E-state index in [1.54, 1.807) is 4.90 Å². The number of amides is 1. The predicted octanol–water partition coefficient (Wildman–Crippen LogP) is 1.12. The molecule has 136 valence electrons. The number of nitrogens with zero attached hydrogens (tertiary/aromatic N) is 1. The lowest BCUT2D eigenvalue weighted by molar-refractivity contribution is -0.133. The van der Waals surface area contributed by atoms with Crippen molar-refractivity contribution in [1.82, 2.24) is 14.9 Å². The summed E-state index contributed by atoms with van der Waals surface area (Å²) in [5, 5.41) is 3.17. The van der Waals surface area contributed by atoms with Crippen molar-refractivity contribution in [3.8, 4) is 0 Å². The van der Waals surface area contributed by atoms with Crippen LogP contribution in [0, 0.1) is 5.82 Å². The van der Waals surface area contributed by atoms with E-state index >= 15 is 0 Å². The lowest BCUT2D eigenvalue weighted by Gasteiger charge is -2.33. The average Bonchev–Trinajstić information content (AvgIpc) is 2.54. The Bertz CT molecular complexity index is 664. The molecule has 1 aliphatic heterocycles. The molecule has 2 rings (SSSR count). The number of sulfonamides is 1. The maximum Gasteiger partial charge on any atom is 0.244 e. The first-order valence-corrected chi connectivity index (χ1v) is 9.06. The Morgan fingerprint density at radius 3 is 2.42 bits per heavy atom. The summed E-state index contributed by atoms with van der Waals surface area (Å²) in [6.45, 7) is 2.64. The van der Waals surface area contributed by atoms with Crippen molar-refractivity contribution in [2.75, 3.05) is 20.1 Å². The number of rotatable bonds is 5. The van der Waals surface area contributed by atoms with Gasteiger partial charge in [-0.1, -0.05) is 12.1 Å². The lowest BCUT2D eigenvalue weighted by atomic mass is 10.0. The SMILES string of the molecule is CNC1CCN(C(=O)C(C)NS(=O)(=O)c2ccccc2F)CC1.Cl. The second-order valence-electron chi connectivity index (χ2n) is 5.66. The molecule has 1 aliphatic rings. The normalized spacial score (nSPS) is 17.2. The number of benzene rings is 1. The molecular weight excluding hydrogens is 357 g/mol. The van der Waals surface area contributed by atoms with Gasteiger partial charge in [0.2, 0.25) is 15.9 Å². The zero-order valence-corrected chi connectivity index (χ0v) is 15.3. The van der Waals surface area contributed by atoms with Gasteiger partial charge in [-0.2, -0.15) is 4.72 Å². The van der Waals surface area contributed by atoms with Crippen molar-refractivity contribution in [2.24, 2.45) is 0 Å². The summed E-state index contributed by atoms with van der Waals surface area (Å²) in [5.41, 5.74) is 0. The fraction of sp³-hybridized carbons (Fsp3) is 0.533. The molecule has 6 nitrogen and oxygen atoms in total. The molecule has 2 N–H and O–H groups in total. The van der Waals surface area contributed by atoms with Crippen molar-refractivity contribution < 1.29 is 17.6 Å². The fourth-order valence-electron chi connectivity index (χ4n) is 2.67. The number of nitrogens with one attached hydrogen (secondary N) is 2. The van der Waals surface area contributed by atoms with Gasteiger partial charge in [0, 0.05) is 19.1 Å². The number of piperidine rings is 1. The van der Waals surface area contributed by atoms with Crippen LogP contribution < -0.4 is 10.0 Å². The van der Waals surface area contributed by atoms with Crippen molar-refractivity contribution in [1.29, 1.82) is 0 Å². The van der Waals surface area contributed by atoms with Gasteiger partial charge in [-0.05, 0) is 38.9 Å². The van der Waals surface area contributed by atoms with Crippen molar-refractivity contribution in [3.63, 3.8) is 0 Å². The minimum absolute atomic E-state index is 0. The van der Waals surface area contributed by atoms with Crippen LogP contribution in [0.25, 0.3) is 0 Å². The van der Waals surface area contributed by atoms with Gasteiger partial charge in [0.05, 0.1) is 6.04 Å². The minimum Gasteiger partial charge on any atom is -0.341 e. The van der Waals surface area contributed by atoms with Gasteiger partial charge in [0.15, 0.2) is 0 Å². The van der Waals surface area contributed by atoms with Crippen molar-refractivity contribution in [3.05, 3.63) is 30.1 Å². The zero-order valence-electron chi connectivity index (χ0n) is 13.7. The topological polar surface area (TPSA) is 78.5 Å². The summed E-state index contributed by atoms with van der Waals surface area (Å²) >= 11 is 0. The molecule has 0 aromatic heterocycles. The summed E-state index contributed by atoms with van der Waals surface area (Å²) in [6.07, 6.45) is 1.66. The van der Waals surface area contributed by atoms with Crippen LogP contribution in [0.4, 0.5) is 4.39 Å². The molecular formula is C15H23ClFN3O3S. The Kier molecular flexibility index (Phi) is 7.59. The number of carbonyl (C=O) groups is 1. The Morgan fingerprint density at radius 1 is 1.29 bits per heavy atom. The highest BCUT2D eigenvalue weighted by Crippen LogP contribution is 2.15. The Morgan fingerprint density at radius 2 is 1.88 bits per heavy atom. The molecule has 0 radical (unpaired) electrons. The fourth-order valence-corrected chi connectivity index (χ4v) is 3.95. The van der Waals surface area contributed by atoms with Crippen LogP contribution in [0.15, 0.2) is 29.2 Å². The van der Waals surface area contributed by atoms with Gasteiger partial charge < -0.3 is 10.2 Å². The Labute approximate surface area is 148 Å². The molecule has 1 heterocycles. The number of carbonyl (C=O) groups excluding carboxylic acids is 1. The minimum atomic E-state index is -4.07. The average molecular weight is 380 g/mol. The number of likely N-dealkylation sites (tertiary alicyclic amines) is 1. The molecule has 24 heavy (non-hydrogen) atoms. The third-order valence-corrected chi connectivity index (χ3v) is 5.62. The quantitative estimate of drug-likeness (QED) is 0.803. The standard InChI is InChI=1S/C15H22FN3O3S.ClH/c1-11(15(20)19-9-7-12(17-2)8-10-19)18-23(21,22)14-6-4-3-5-13(14)16;/h3-6,11-12,17-18H,7-10H2,1-2H3;1H. The van der Waals surface area contributed by atoms with Crippen LogP contribution in [0.3, 0.4) is 0 Å². The summed E-state index contributed by atoms with van der Waals surface area (Å²) < 4.78 is 40.3.